The molecule has 0 heterocycles. The summed E-state index contributed by atoms with van der Waals surface area (Å²) in [6, 6.07) is 14.2. The second kappa shape index (κ2) is 11.1. The van der Waals surface area contributed by atoms with Crippen LogP contribution in [-0.2, 0) is 4.74 Å². The Kier molecular flexibility index (Phi) is 8.45. The van der Waals surface area contributed by atoms with E-state index in [4.69, 9.17) is 26.4 Å². The minimum absolute atomic E-state index is 0.187. The normalized spacial score (nSPS) is 10.1. The lowest BCUT2D eigenvalue weighted by molar-refractivity contribution is 0.0970. The van der Waals surface area contributed by atoms with Gasteiger partial charge in [0.25, 0.3) is 5.91 Å². The summed E-state index contributed by atoms with van der Waals surface area (Å²) >= 11 is 5.23. The fraction of sp³-hybridized carbons (Fsp3) is 0.238. The number of ether oxygens (including phenoxy) is 3. The van der Waals surface area contributed by atoms with Crippen molar-refractivity contribution >= 4 is 28.9 Å². The van der Waals surface area contributed by atoms with Gasteiger partial charge in [-0.25, -0.2) is 0 Å². The third kappa shape index (κ3) is 7.02. The summed E-state index contributed by atoms with van der Waals surface area (Å²) < 4.78 is 16.1. The summed E-state index contributed by atoms with van der Waals surface area (Å²) in [5.41, 5.74) is 2.07. The third-order valence-corrected chi connectivity index (χ3v) is 3.71. The van der Waals surface area contributed by atoms with Crippen LogP contribution in [0.3, 0.4) is 0 Å². The van der Waals surface area contributed by atoms with Crippen molar-refractivity contribution in [3.63, 3.8) is 0 Å². The summed E-state index contributed by atoms with van der Waals surface area (Å²) in [5, 5.41) is 5.82. The molecule has 1 amide bonds. The van der Waals surface area contributed by atoms with Gasteiger partial charge in [0.2, 0.25) is 0 Å². The van der Waals surface area contributed by atoms with Gasteiger partial charge in [-0.05, 0) is 61.1 Å². The molecule has 0 fully saturated rings. The smallest absolute Gasteiger partial charge is 0.261 e. The van der Waals surface area contributed by atoms with Crippen LogP contribution < -0.4 is 20.1 Å². The molecule has 7 heteroatoms. The first-order chi connectivity index (χ1) is 13.5. The second-order valence-corrected chi connectivity index (χ2v) is 6.42. The van der Waals surface area contributed by atoms with Crippen molar-refractivity contribution in [3.8, 4) is 11.5 Å². The monoisotopic (exact) mass is 400 g/mol. The highest BCUT2D eigenvalue weighted by atomic mass is 32.1. The Labute approximate surface area is 170 Å². The van der Waals surface area contributed by atoms with E-state index in [2.05, 4.69) is 17.2 Å². The van der Waals surface area contributed by atoms with Crippen LogP contribution in [0.1, 0.15) is 17.3 Å². The number of carbonyl (C=O) groups is 1. The summed E-state index contributed by atoms with van der Waals surface area (Å²) in [5.74, 6) is 0.844. The molecule has 2 aromatic rings. The van der Waals surface area contributed by atoms with E-state index in [9.17, 15) is 4.79 Å². The predicted octanol–water partition coefficient (Wildman–Crippen LogP) is 3.79. The molecule has 2 rings (SSSR count). The highest BCUT2D eigenvalue weighted by Crippen LogP contribution is 2.18. The number of methoxy groups -OCH3 is 1. The molecular formula is C21H24N2O4S. The van der Waals surface area contributed by atoms with E-state index in [-0.39, 0.29) is 11.0 Å². The van der Waals surface area contributed by atoms with Gasteiger partial charge in [0, 0.05) is 12.8 Å². The SMILES string of the molecule is C=C(C)COc1ccc(NC(=S)NC(=O)c2ccccc2OCCOC)cc1. The van der Waals surface area contributed by atoms with Crippen molar-refractivity contribution < 1.29 is 19.0 Å². The molecule has 0 aliphatic heterocycles. The fourth-order valence-corrected chi connectivity index (χ4v) is 2.40. The zero-order valence-electron chi connectivity index (χ0n) is 16.0. The van der Waals surface area contributed by atoms with Crippen LogP contribution in [-0.4, -0.2) is 38.0 Å². The zero-order chi connectivity index (χ0) is 20.4. The molecule has 6 nitrogen and oxygen atoms in total. The van der Waals surface area contributed by atoms with Crippen molar-refractivity contribution in [1.29, 1.82) is 0 Å². The molecule has 28 heavy (non-hydrogen) atoms. The molecule has 0 bridgehead atoms. The minimum atomic E-state index is -0.355. The highest BCUT2D eigenvalue weighted by Gasteiger charge is 2.13. The van der Waals surface area contributed by atoms with E-state index in [1.165, 1.54) is 0 Å². The van der Waals surface area contributed by atoms with Gasteiger partial charge in [-0.3, -0.25) is 10.1 Å². The van der Waals surface area contributed by atoms with Crippen molar-refractivity contribution in [3.05, 3.63) is 66.2 Å². The first-order valence-electron chi connectivity index (χ1n) is 8.70. The third-order valence-electron chi connectivity index (χ3n) is 3.50. The van der Waals surface area contributed by atoms with Crippen molar-refractivity contribution in [2.24, 2.45) is 0 Å². The number of rotatable bonds is 9. The topological polar surface area (TPSA) is 68.8 Å². The number of carbonyl (C=O) groups excluding carboxylic acids is 1. The van der Waals surface area contributed by atoms with E-state index >= 15 is 0 Å². The van der Waals surface area contributed by atoms with Crippen LogP contribution in [0.4, 0.5) is 5.69 Å². The van der Waals surface area contributed by atoms with E-state index < -0.39 is 0 Å². The molecule has 0 unspecified atom stereocenters. The van der Waals surface area contributed by atoms with Crippen LogP contribution >= 0.6 is 12.2 Å². The van der Waals surface area contributed by atoms with E-state index in [1.54, 1.807) is 31.4 Å². The van der Waals surface area contributed by atoms with Gasteiger partial charge in [-0.15, -0.1) is 0 Å². The molecule has 0 radical (unpaired) electrons. The maximum Gasteiger partial charge on any atom is 0.261 e. The number of para-hydroxylation sites is 1. The number of benzene rings is 2. The van der Waals surface area contributed by atoms with Crippen LogP contribution in [0.5, 0.6) is 11.5 Å². The van der Waals surface area contributed by atoms with Crippen LogP contribution in [0, 0.1) is 0 Å². The maximum atomic E-state index is 12.5. The van der Waals surface area contributed by atoms with Crippen LogP contribution in [0.25, 0.3) is 0 Å². The molecule has 0 saturated heterocycles. The number of hydrogen-bond donors (Lipinski definition) is 2. The predicted molar refractivity (Wildman–Crippen MR) is 114 cm³/mol. The molecule has 0 spiro atoms. The number of hydrogen-bond acceptors (Lipinski definition) is 5. The molecule has 2 N–H and O–H groups in total. The number of thiocarbonyl (C=S) groups is 1. The maximum absolute atomic E-state index is 12.5. The van der Waals surface area contributed by atoms with Gasteiger partial charge in [-0.2, -0.15) is 0 Å². The lowest BCUT2D eigenvalue weighted by Gasteiger charge is -2.13. The Morgan fingerprint density at radius 3 is 2.46 bits per heavy atom. The molecule has 0 aliphatic carbocycles. The fourth-order valence-electron chi connectivity index (χ4n) is 2.19. The molecular weight excluding hydrogens is 376 g/mol. The summed E-state index contributed by atoms with van der Waals surface area (Å²) in [6.45, 7) is 6.95. The molecule has 148 valence electrons. The van der Waals surface area contributed by atoms with Crippen LogP contribution in [0.15, 0.2) is 60.7 Å². The Hall–Kier alpha value is -2.90. The Bertz CT molecular complexity index is 821. The molecule has 2 aromatic carbocycles. The minimum Gasteiger partial charge on any atom is -0.490 e. The summed E-state index contributed by atoms with van der Waals surface area (Å²) in [7, 11) is 1.59. The largest absolute Gasteiger partial charge is 0.490 e. The quantitative estimate of drug-likeness (QED) is 0.379. The summed E-state index contributed by atoms with van der Waals surface area (Å²) in [6.07, 6.45) is 0. The van der Waals surface area contributed by atoms with Gasteiger partial charge in [0.05, 0.1) is 12.2 Å². The van der Waals surface area contributed by atoms with Crippen molar-refractivity contribution in [2.45, 2.75) is 6.92 Å². The Balaban J connectivity index is 1.92. The Morgan fingerprint density at radius 2 is 1.79 bits per heavy atom. The van der Waals surface area contributed by atoms with E-state index in [1.807, 2.05) is 31.2 Å². The summed E-state index contributed by atoms with van der Waals surface area (Å²) in [4.78, 5) is 12.5. The van der Waals surface area contributed by atoms with Crippen molar-refractivity contribution in [1.82, 2.24) is 5.32 Å². The molecule has 0 aliphatic rings. The van der Waals surface area contributed by atoms with Gasteiger partial charge in [0.1, 0.15) is 24.7 Å². The van der Waals surface area contributed by atoms with E-state index in [0.29, 0.717) is 31.1 Å². The van der Waals surface area contributed by atoms with Crippen molar-refractivity contribution in [2.75, 3.05) is 32.2 Å². The van der Waals surface area contributed by atoms with Gasteiger partial charge in [0.15, 0.2) is 5.11 Å². The number of anilines is 1. The lowest BCUT2D eigenvalue weighted by atomic mass is 10.2. The van der Waals surface area contributed by atoms with Gasteiger partial charge >= 0.3 is 0 Å². The first-order valence-corrected chi connectivity index (χ1v) is 9.10. The van der Waals surface area contributed by atoms with Crippen LogP contribution in [0.2, 0.25) is 0 Å². The average molecular weight is 401 g/mol. The van der Waals surface area contributed by atoms with Gasteiger partial charge in [-0.1, -0.05) is 18.7 Å². The van der Waals surface area contributed by atoms with E-state index in [0.717, 1.165) is 17.0 Å². The van der Waals surface area contributed by atoms with Gasteiger partial charge < -0.3 is 19.5 Å². The zero-order valence-corrected chi connectivity index (χ0v) is 16.8. The lowest BCUT2D eigenvalue weighted by Crippen LogP contribution is -2.34. The standard InChI is InChI=1S/C21H24N2O4S/c1-15(2)14-27-17-10-8-16(9-11-17)22-21(28)23-20(24)18-6-4-5-7-19(18)26-13-12-25-3/h4-11H,1,12-14H2,2-3H3,(H2,22,23,24,28). The molecule has 0 saturated carbocycles. The average Bonchev–Trinajstić information content (AvgIpc) is 2.68. The first kappa shape index (κ1) is 21.4. The Morgan fingerprint density at radius 1 is 1.07 bits per heavy atom. The number of amides is 1. The molecule has 0 atom stereocenters. The molecule has 0 aromatic heterocycles. The number of nitrogens with one attached hydrogen (secondary N) is 2. The highest BCUT2D eigenvalue weighted by molar-refractivity contribution is 7.80. The second-order valence-electron chi connectivity index (χ2n) is 6.02.